The lowest BCUT2D eigenvalue weighted by Gasteiger charge is -2.23. The SMILES string of the molecule is CCn1cc(CN2CCC[C@@H]2c2cncc(C)n2)c(C)n1. The summed E-state index contributed by atoms with van der Waals surface area (Å²) in [5.41, 5.74) is 4.56. The highest BCUT2D eigenvalue weighted by molar-refractivity contribution is 5.17. The lowest BCUT2D eigenvalue weighted by Crippen LogP contribution is -2.24. The third kappa shape index (κ3) is 2.97. The fraction of sp³-hybridized carbons (Fsp3) is 0.562. The van der Waals surface area contributed by atoms with Crippen molar-refractivity contribution >= 4 is 0 Å². The maximum Gasteiger partial charge on any atom is 0.0761 e. The van der Waals surface area contributed by atoms with Gasteiger partial charge in [-0.15, -0.1) is 0 Å². The highest BCUT2D eigenvalue weighted by Crippen LogP contribution is 2.32. The molecule has 1 fully saturated rings. The Labute approximate surface area is 126 Å². The summed E-state index contributed by atoms with van der Waals surface area (Å²) < 4.78 is 2.02. The number of nitrogens with zero attached hydrogens (tertiary/aromatic N) is 5. The van der Waals surface area contributed by atoms with Gasteiger partial charge in [-0.05, 0) is 40.2 Å². The van der Waals surface area contributed by atoms with Gasteiger partial charge in [0.2, 0.25) is 0 Å². The second-order valence-electron chi connectivity index (χ2n) is 5.81. The molecule has 2 aromatic rings. The van der Waals surface area contributed by atoms with Gasteiger partial charge >= 0.3 is 0 Å². The van der Waals surface area contributed by atoms with Gasteiger partial charge in [0.1, 0.15) is 0 Å². The Kier molecular flexibility index (Phi) is 4.01. The van der Waals surface area contributed by atoms with Crippen molar-refractivity contribution in [3.63, 3.8) is 0 Å². The van der Waals surface area contributed by atoms with Gasteiger partial charge in [0.05, 0.1) is 23.1 Å². The van der Waals surface area contributed by atoms with Gasteiger partial charge in [-0.25, -0.2) is 0 Å². The molecular weight excluding hydrogens is 262 g/mol. The van der Waals surface area contributed by atoms with E-state index >= 15 is 0 Å². The normalized spacial score (nSPS) is 19.3. The molecule has 1 aliphatic rings. The first-order chi connectivity index (χ1) is 10.2. The van der Waals surface area contributed by atoms with Crippen molar-refractivity contribution in [2.45, 2.75) is 52.7 Å². The molecule has 3 rings (SSSR count). The molecule has 0 spiro atoms. The van der Waals surface area contributed by atoms with Crippen LogP contribution < -0.4 is 0 Å². The lowest BCUT2D eigenvalue weighted by atomic mass is 10.1. The summed E-state index contributed by atoms with van der Waals surface area (Å²) in [4.78, 5) is 11.5. The van der Waals surface area contributed by atoms with E-state index < -0.39 is 0 Å². The van der Waals surface area contributed by atoms with Crippen molar-refractivity contribution in [3.05, 3.63) is 41.2 Å². The van der Waals surface area contributed by atoms with Crippen LogP contribution in [0.1, 0.15) is 48.5 Å². The van der Waals surface area contributed by atoms with Crippen molar-refractivity contribution in [2.24, 2.45) is 0 Å². The average Bonchev–Trinajstić information content (AvgIpc) is 3.07. The minimum absolute atomic E-state index is 0.391. The van der Waals surface area contributed by atoms with E-state index in [1.807, 2.05) is 24.0 Å². The van der Waals surface area contributed by atoms with Gasteiger partial charge in [-0.3, -0.25) is 19.5 Å². The largest absolute Gasteiger partial charge is 0.290 e. The van der Waals surface area contributed by atoms with Gasteiger partial charge < -0.3 is 0 Å². The molecule has 21 heavy (non-hydrogen) atoms. The molecule has 0 N–H and O–H groups in total. The van der Waals surface area contributed by atoms with Crippen molar-refractivity contribution < 1.29 is 0 Å². The summed E-state index contributed by atoms with van der Waals surface area (Å²) in [6.07, 6.45) is 8.30. The van der Waals surface area contributed by atoms with Crippen LogP contribution in [0.15, 0.2) is 18.6 Å². The lowest BCUT2D eigenvalue weighted by molar-refractivity contribution is 0.243. The zero-order chi connectivity index (χ0) is 14.8. The molecule has 112 valence electrons. The molecular formula is C16H23N5. The molecule has 3 heterocycles. The zero-order valence-corrected chi connectivity index (χ0v) is 13.1. The van der Waals surface area contributed by atoms with Crippen LogP contribution in [0.25, 0.3) is 0 Å². The summed E-state index contributed by atoms with van der Waals surface area (Å²) in [6, 6.07) is 0.391. The molecule has 0 unspecified atom stereocenters. The van der Waals surface area contributed by atoms with Gasteiger partial charge in [0.15, 0.2) is 0 Å². The highest BCUT2D eigenvalue weighted by Gasteiger charge is 2.28. The first-order valence-corrected chi connectivity index (χ1v) is 7.73. The molecule has 0 amide bonds. The van der Waals surface area contributed by atoms with Crippen molar-refractivity contribution in [1.29, 1.82) is 0 Å². The monoisotopic (exact) mass is 285 g/mol. The van der Waals surface area contributed by atoms with E-state index in [0.717, 1.165) is 36.7 Å². The highest BCUT2D eigenvalue weighted by atomic mass is 15.3. The molecule has 1 saturated heterocycles. The molecule has 5 heteroatoms. The molecule has 1 atom stereocenters. The Bertz CT molecular complexity index is 619. The molecule has 0 aromatic carbocycles. The van der Waals surface area contributed by atoms with Gasteiger partial charge in [-0.1, -0.05) is 0 Å². The molecule has 1 aliphatic heterocycles. The maximum absolute atomic E-state index is 4.67. The molecule has 0 saturated carbocycles. The number of aromatic nitrogens is 4. The quantitative estimate of drug-likeness (QED) is 0.866. The van der Waals surface area contributed by atoms with E-state index in [2.05, 4.69) is 40.0 Å². The van der Waals surface area contributed by atoms with E-state index in [0.29, 0.717) is 6.04 Å². The summed E-state index contributed by atoms with van der Waals surface area (Å²) in [7, 11) is 0. The van der Waals surface area contributed by atoms with E-state index in [1.54, 1.807) is 0 Å². The molecule has 0 aliphatic carbocycles. The van der Waals surface area contributed by atoms with Crippen LogP contribution in [0.4, 0.5) is 0 Å². The number of hydrogen-bond acceptors (Lipinski definition) is 4. The van der Waals surface area contributed by atoms with E-state index in [9.17, 15) is 0 Å². The first-order valence-electron chi connectivity index (χ1n) is 7.73. The fourth-order valence-electron chi connectivity index (χ4n) is 3.09. The molecule has 0 radical (unpaired) electrons. The second-order valence-corrected chi connectivity index (χ2v) is 5.81. The molecule has 5 nitrogen and oxygen atoms in total. The second kappa shape index (κ2) is 5.93. The molecule has 0 bridgehead atoms. The van der Waals surface area contributed by atoms with Crippen LogP contribution in [-0.2, 0) is 13.1 Å². The Balaban J connectivity index is 1.79. The standard InChI is InChI=1S/C16H23N5/c1-4-21-11-14(13(3)19-21)10-20-7-5-6-16(20)15-9-17-8-12(2)18-15/h8-9,11,16H,4-7,10H2,1-3H3/t16-/m1/s1. The van der Waals surface area contributed by atoms with Crippen molar-refractivity contribution in [1.82, 2.24) is 24.6 Å². The summed E-state index contributed by atoms with van der Waals surface area (Å²) >= 11 is 0. The van der Waals surface area contributed by atoms with Gasteiger partial charge in [0.25, 0.3) is 0 Å². The van der Waals surface area contributed by atoms with E-state index in [1.165, 1.54) is 18.4 Å². The first kappa shape index (κ1) is 14.2. The van der Waals surface area contributed by atoms with Gasteiger partial charge in [-0.2, -0.15) is 5.10 Å². The third-order valence-corrected chi connectivity index (χ3v) is 4.22. The number of aryl methyl sites for hydroxylation is 3. The van der Waals surface area contributed by atoms with E-state index in [4.69, 9.17) is 0 Å². The fourth-order valence-corrected chi connectivity index (χ4v) is 3.09. The number of rotatable bonds is 4. The van der Waals surface area contributed by atoms with Crippen molar-refractivity contribution in [2.75, 3.05) is 6.54 Å². The maximum atomic E-state index is 4.67. The summed E-state index contributed by atoms with van der Waals surface area (Å²) in [6.45, 7) is 9.22. The predicted octanol–water partition coefficient (Wildman–Crippen LogP) is 2.65. The minimum atomic E-state index is 0.391. The Morgan fingerprint density at radius 2 is 2.14 bits per heavy atom. The van der Waals surface area contributed by atoms with Crippen LogP contribution in [0, 0.1) is 13.8 Å². The predicted molar refractivity (Wildman–Crippen MR) is 81.8 cm³/mol. The van der Waals surface area contributed by atoms with Crippen LogP contribution in [0.5, 0.6) is 0 Å². The zero-order valence-electron chi connectivity index (χ0n) is 13.1. The third-order valence-electron chi connectivity index (χ3n) is 4.22. The van der Waals surface area contributed by atoms with Crippen LogP contribution in [0.2, 0.25) is 0 Å². The molecule has 2 aromatic heterocycles. The van der Waals surface area contributed by atoms with Crippen LogP contribution in [0.3, 0.4) is 0 Å². The van der Waals surface area contributed by atoms with Crippen LogP contribution in [-0.4, -0.2) is 31.2 Å². The Morgan fingerprint density at radius 3 is 2.86 bits per heavy atom. The summed E-state index contributed by atoms with van der Waals surface area (Å²) in [5.74, 6) is 0. The topological polar surface area (TPSA) is 46.8 Å². The van der Waals surface area contributed by atoms with Crippen LogP contribution >= 0.6 is 0 Å². The van der Waals surface area contributed by atoms with Gasteiger partial charge in [0, 0.05) is 37.2 Å². The van der Waals surface area contributed by atoms with Crippen molar-refractivity contribution in [3.8, 4) is 0 Å². The Hall–Kier alpha value is -1.75. The average molecular weight is 285 g/mol. The minimum Gasteiger partial charge on any atom is -0.290 e. The number of likely N-dealkylation sites (tertiary alicyclic amines) is 1. The smallest absolute Gasteiger partial charge is 0.0761 e. The van der Waals surface area contributed by atoms with E-state index in [-0.39, 0.29) is 0 Å². The Morgan fingerprint density at radius 1 is 1.29 bits per heavy atom. The number of hydrogen-bond donors (Lipinski definition) is 0. The summed E-state index contributed by atoms with van der Waals surface area (Å²) in [5, 5.41) is 4.55.